The summed E-state index contributed by atoms with van der Waals surface area (Å²) in [5, 5.41) is 0. The minimum atomic E-state index is -0.328. The fraction of sp³-hybridized carbons (Fsp3) is 0.0769. The van der Waals surface area contributed by atoms with E-state index < -0.39 is 0 Å². The zero-order chi connectivity index (χ0) is 13.1. The highest BCUT2D eigenvalue weighted by Gasteiger charge is 2.06. The standard InChI is InChI=1S/C13H11FN2OS/c14-10-4-1-3-9(7-10)8-16-6-2-5-11(12(15)18)13(16)17/h1-7H,8H2,(H2,15,18). The van der Waals surface area contributed by atoms with Gasteiger partial charge in [-0.15, -0.1) is 0 Å². The van der Waals surface area contributed by atoms with Crippen LogP contribution in [0.3, 0.4) is 0 Å². The molecule has 92 valence electrons. The molecule has 2 aromatic rings. The first-order valence-electron chi connectivity index (χ1n) is 5.31. The van der Waals surface area contributed by atoms with Crippen molar-refractivity contribution in [2.45, 2.75) is 6.54 Å². The van der Waals surface area contributed by atoms with Crippen LogP contribution in [0.15, 0.2) is 47.4 Å². The number of rotatable bonds is 3. The molecule has 1 heterocycles. The van der Waals surface area contributed by atoms with Crippen molar-refractivity contribution < 1.29 is 4.39 Å². The summed E-state index contributed by atoms with van der Waals surface area (Å²) >= 11 is 4.80. The van der Waals surface area contributed by atoms with Crippen molar-refractivity contribution in [1.29, 1.82) is 0 Å². The molecule has 0 saturated carbocycles. The van der Waals surface area contributed by atoms with E-state index in [2.05, 4.69) is 0 Å². The van der Waals surface area contributed by atoms with Gasteiger partial charge in [0.25, 0.3) is 5.56 Å². The van der Waals surface area contributed by atoms with Crippen molar-refractivity contribution in [2.75, 3.05) is 0 Å². The summed E-state index contributed by atoms with van der Waals surface area (Å²) in [6.45, 7) is 0.285. The number of thiocarbonyl (C=S) groups is 1. The van der Waals surface area contributed by atoms with Gasteiger partial charge in [-0.2, -0.15) is 0 Å². The number of aromatic nitrogens is 1. The number of nitrogens with two attached hydrogens (primary N) is 1. The monoisotopic (exact) mass is 262 g/mol. The minimum absolute atomic E-state index is 0.0635. The fourth-order valence-corrected chi connectivity index (χ4v) is 1.84. The molecule has 0 aliphatic heterocycles. The molecular formula is C13H11FN2OS. The molecular weight excluding hydrogens is 251 g/mol. The fourth-order valence-electron chi connectivity index (χ4n) is 1.68. The van der Waals surface area contributed by atoms with E-state index in [0.717, 1.165) is 0 Å². The average Bonchev–Trinajstić information content (AvgIpc) is 2.31. The lowest BCUT2D eigenvalue weighted by molar-refractivity contribution is 0.622. The second-order valence-corrected chi connectivity index (χ2v) is 4.29. The smallest absolute Gasteiger partial charge is 0.261 e. The molecule has 3 nitrogen and oxygen atoms in total. The zero-order valence-electron chi connectivity index (χ0n) is 9.47. The van der Waals surface area contributed by atoms with Gasteiger partial charge in [-0.1, -0.05) is 24.4 Å². The van der Waals surface area contributed by atoms with Crippen LogP contribution in [0, 0.1) is 5.82 Å². The Morgan fingerprint density at radius 1 is 1.33 bits per heavy atom. The van der Waals surface area contributed by atoms with Crippen LogP contribution in [-0.2, 0) is 6.54 Å². The molecule has 0 bridgehead atoms. The molecule has 0 aliphatic rings. The predicted molar refractivity (Wildman–Crippen MR) is 72.1 cm³/mol. The SMILES string of the molecule is NC(=S)c1cccn(Cc2cccc(F)c2)c1=O. The summed E-state index contributed by atoms with van der Waals surface area (Å²) in [7, 11) is 0. The normalized spacial score (nSPS) is 10.3. The Morgan fingerprint density at radius 3 is 2.78 bits per heavy atom. The maximum absolute atomic E-state index is 13.0. The van der Waals surface area contributed by atoms with Crippen LogP contribution in [0.4, 0.5) is 4.39 Å². The van der Waals surface area contributed by atoms with E-state index in [9.17, 15) is 9.18 Å². The number of hydrogen-bond donors (Lipinski definition) is 1. The third kappa shape index (κ3) is 2.62. The molecule has 0 radical (unpaired) electrons. The van der Waals surface area contributed by atoms with E-state index in [0.29, 0.717) is 11.1 Å². The highest BCUT2D eigenvalue weighted by molar-refractivity contribution is 7.80. The van der Waals surface area contributed by atoms with Crippen molar-refractivity contribution in [3.8, 4) is 0 Å². The molecule has 2 rings (SSSR count). The second-order valence-electron chi connectivity index (χ2n) is 3.85. The lowest BCUT2D eigenvalue weighted by Crippen LogP contribution is -2.28. The number of hydrogen-bond acceptors (Lipinski definition) is 2. The van der Waals surface area contributed by atoms with Gasteiger partial charge in [-0.05, 0) is 29.8 Å². The van der Waals surface area contributed by atoms with Crippen LogP contribution in [0.25, 0.3) is 0 Å². The zero-order valence-corrected chi connectivity index (χ0v) is 10.3. The summed E-state index contributed by atoms with van der Waals surface area (Å²) in [6.07, 6.45) is 1.62. The van der Waals surface area contributed by atoms with Gasteiger partial charge < -0.3 is 10.3 Å². The van der Waals surface area contributed by atoms with E-state index >= 15 is 0 Å². The number of pyridine rings is 1. The van der Waals surface area contributed by atoms with Crippen molar-refractivity contribution in [3.63, 3.8) is 0 Å². The summed E-state index contributed by atoms with van der Waals surface area (Å²) in [5.41, 5.74) is 6.19. The average molecular weight is 262 g/mol. The molecule has 0 aliphatic carbocycles. The van der Waals surface area contributed by atoms with E-state index in [-0.39, 0.29) is 22.9 Å². The molecule has 0 saturated heterocycles. The van der Waals surface area contributed by atoms with Crippen LogP contribution in [0.1, 0.15) is 11.1 Å². The van der Waals surface area contributed by atoms with Crippen molar-refractivity contribution in [1.82, 2.24) is 4.57 Å². The van der Waals surface area contributed by atoms with Gasteiger partial charge in [0.05, 0.1) is 12.1 Å². The molecule has 0 atom stereocenters. The number of benzene rings is 1. The topological polar surface area (TPSA) is 48.0 Å². The number of nitrogens with zero attached hydrogens (tertiary/aromatic N) is 1. The summed E-state index contributed by atoms with van der Waals surface area (Å²) < 4.78 is 14.5. The third-order valence-electron chi connectivity index (χ3n) is 2.53. The molecule has 0 amide bonds. The van der Waals surface area contributed by atoms with Crippen LogP contribution >= 0.6 is 12.2 Å². The Labute approximate surface area is 109 Å². The van der Waals surface area contributed by atoms with Crippen molar-refractivity contribution >= 4 is 17.2 Å². The Kier molecular flexibility index (Phi) is 3.53. The second kappa shape index (κ2) is 5.10. The van der Waals surface area contributed by atoms with E-state index in [1.807, 2.05) is 0 Å². The first-order chi connectivity index (χ1) is 8.58. The minimum Gasteiger partial charge on any atom is -0.389 e. The molecule has 1 aromatic heterocycles. The van der Waals surface area contributed by atoms with Gasteiger partial charge in [0.15, 0.2) is 0 Å². The van der Waals surface area contributed by atoms with Gasteiger partial charge in [0.1, 0.15) is 10.8 Å². The van der Waals surface area contributed by atoms with Gasteiger partial charge in [-0.3, -0.25) is 4.79 Å². The molecule has 2 N–H and O–H groups in total. The maximum atomic E-state index is 13.0. The van der Waals surface area contributed by atoms with Crippen LogP contribution < -0.4 is 11.3 Å². The molecule has 0 fully saturated rings. The lowest BCUT2D eigenvalue weighted by atomic mass is 10.2. The quantitative estimate of drug-likeness (QED) is 0.856. The van der Waals surface area contributed by atoms with Crippen LogP contribution in [0.5, 0.6) is 0 Å². The van der Waals surface area contributed by atoms with Crippen molar-refractivity contribution in [3.05, 3.63) is 69.9 Å². The Balaban J connectivity index is 2.38. The molecule has 0 spiro atoms. The predicted octanol–water partition coefficient (Wildman–Crippen LogP) is 1.67. The van der Waals surface area contributed by atoms with Crippen LogP contribution in [-0.4, -0.2) is 9.56 Å². The molecule has 1 aromatic carbocycles. The highest BCUT2D eigenvalue weighted by Crippen LogP contribution is 2.05. The van der Waals surface area contributed by atoms with E-state index in [1.165, 1.54) is 16.7 Å². The Bertz CT molecular complexity index is 651. The first kappa shape index (κ1) is 12.4. The molecule has 0 unspecified atom stereocenters. The summed E-state index contributed by atoms with van der Waals surface area (Å²) in [4.78, 5) is 12.1. The molecule has 5 heteroatoms. The summed E-state index contributed by atoms with van der Waals surface area (Å²) in [5.74, 6) is -0.328. The Hall–Kier alpha value is -2.01. The van der Waals surface area contributed by atoms with E-state index in [4.69, 9.17) is 18.0 Å². The van der Waals surface area contributed by atoms with E-state index in [1.54, 1.807) is 30.5 Å². The third-order valence-corrected chi connectivity index (χ3v) is 2.75. The van der Waals surface area contributed by atoms with Gasteiger partial charge in [0, 0.05) is 6.20 Å². The summed E-state index contributed by atoms with van der Waals surface area (Å²) in [6, 6.07) is 9.37. The maximum Gasteiger partial charge on any atom is 0.261 e. The van der Waals surface area contributed by atoms with Crippen molar-refractivity contribution in [2.24, 2.45) is 5.73 Å². The number of halogens is 1. The largest absolute Gasteiger partial charge is 0.389 e. The molecule has 18 heavy (non-hydrogen) atoms. The van der Waals surface area contributed by atoms with Gasteiger partial charge in [-0.25, -0.2) is 4.39 Å². The van der Waals surface area contributed by atoms with Gasteiger partial charge in [0.2, 0.25) is 0 Å². The Morgan fingerprint density at radius 2 is 2.11 bits per heavy atom. The lowest BCUT2D eigenvalue weighted by Gasteiger charge is -2.07. The highest BCUT2D eigenvalue weighted by atomic mass is 32.1. The first-order valence-corrected chi connectivity index (χ1v) is 5.72. The van der Waals surface area contributed by atoms with Crippen LogP contribution in [0.2, 0.25) is 0 Å². The van der Waals surface area contributed by atoms with Gasteiger partial charge >= 0.3 is 0 Å².